The topological polar surface area (TPSA) is 58.0 Å². The lowest BCUT2D eigenvalue weighted by molar-refractivity contribution is 0.281. The summed E-state index contributed by atoms with van der Waals surface area (Å²) in [7, 11) is 0. The van der Waals surface area contributed by atoms with E-state index in [1.54, 1.807) is 0 Å². The van der Waals surface area contributed by atoms with Gasteiger partial charge < -0.3 is 10.4 Å². The van der Waals surface area contributed by atoms with Gasteiger partial charge in [0.2, 0.25) is 5.13 Å². The lowest BCUT2D eigenvalue weighted by Gasteiger charge is -2.12. The number of hydrogen-bond donors (Lipinski definition) is 2. The smallest absolute Gasteiger partial charge is 0.202 e. The average Bonchev–Trinajstić information content (AvgIpc) is 2.51. The van der Waals surface area contributed by atoms with Crippen LogP contribution in [0.5, 0.6) is 0 Å². The van der Waals surface area contributed by atoms with E-state index in [4.69, 9.17) is 5.11 Å². The maximum absolute atomic E-state index is 8.86. The third kappa shape index (κ3) is 2.92. The maximum atomic E-state index is 8.86. The van der Waals surface area contributed by atoms with E-state index in [0.29, 0.717) is 0 Å². The van der Waals surface area contributed by atoms with Gasteiger partial charge in [-0.05, 0) is 6.92 Å². The fraction of sp³-hybridized carbons (Fsp3) is 0.778. The quantitative estimate of drug-likeness (QED) is 0.804. The second-order valence-corrected chi connectivity index (χ2v) is 5.15. The summed E-state index contributed by atoms with van der Waals surface area (Å²) >= 11 is 1.34. The molecule has 0 radical (unpaired) electrons. The number of aliphatic hydroxyl groups excluding tert-OH is 1. The predicted molar refractivity (Wildman–Crippen MR) is 58.8 cm³/mol. The Bertz CT molecular complexity index is 292. The van der Waals surface area contributed by atoms with Gasteiger partial charge >= 0.3 is 0 Å². The van der Waals surface area contributed by atoms with Gasteiger partial charge in [-0.1, -0.05) is 20.8 Å². The van der Waals surface area contributed by atoms with Crippen LogP contribution >= 0.6 is 11.5 Å². The molecule has 0 aliphatic heterocycles. The minimum Gasteiger partial charge on any atom is -0.394 e. The summed E-state index contributed by atoms with van der Waals surface area (Å²) in [5.74, 6) is 0.843. The molecule has 1 rings (SSSR count). The minimum absolute atomic E-state index is 0.0150. The Morgan fingerprint density at radius 1 is 1.50 bits per heavy atom. The molecule has 2 N–H and O–H groups in total. The van der Waals surface area contributed by atoms with Crippen molar-refractivity contribution in [2.75, 3.05) is 11.9 Å². The first-order valence-electron chi connectivity index (χ1n) is 4.65. The van der Waals surface area contributed by atoms with Crippen LogP contribution in [0.25, 0.3) is 0 Å². The van der Waals surface area contributed by atoms with E-state index >= 15 is 0 Å². The third-order valence-electron chi connectivity index (χ3n) is 1.74. The number of aliphatic hydroxyl groups is 1. The molecular formula is C9H17N3OS. The summed E-state index contributed by atoms with van der Waals surface area (Å²) in [5, 5.41) is 12.7. The fourth-order valence-corrected chi connectivity index (χ4v) is 1.71. The van der Waals surface area contributed by atoms with Gasteiger partial charge in [-0.3, -0.25) is 0 Å². The average molecular weight is 215 g/mol. The van der Waals surface area contributed by atoms with Crippen LogP contribution in [0.3, 0.4) is 0 Å². The standard InChI is InChI=1S/C9H17N3OS/c1-6(5-13)10-8-11-7(12-14-8)9(2,3)4/h6,13H,5H2,1-4H3,(H,10,11,12)/t6-/m0/s1. The molecule has 0 unspecified atom stereocenters. The van der Waals surface area contributed by atoms with Crippen LogP contribution in [-0.4, -0.2) is 27.1 Å². The van der Waals surface area contributed by atoms with Crippen molar-refractivity contribution in [1.82, 2.24) is 9.36 Å². The van der Waals surface area contributed by atoms with Gasteiger partial charge in [0.05, 0.1) is 6.61 Å². The number of nitrogens with one attached hydrogen (secondary N) is 1. The van der Waals surface area contributed by atoms with E-state index in [1.807, 2.05) is 6.92 Å². The van der Waals surface area contributed by atoms with E-state index in [9.17, 15) is 0 Å². The van der Waals surface area contributed by atoms with E-state index in [-0.39, 0.29) is 18.1 Å². The summed E-state index contributed by atoms with van der Waals surface area (Å²) < 4.78 is 4.26. The summed E-state index contributed by atoms with van der Waals surface area (Å²) in [5.41, 5.74) is -0.0150. The Kier molecular flexibility index (Phi) is 3.44. The molecular weight excluding hydrogens is 198 g/mol. The Morgan fingerprint density at radius 3 is 2.57 bits per heavy atom. The molecule has 1 aromatic heterocycles. The molecule has 0 aromatic carbocycles. The molecule has 80 valence electrons. The SMILES string of the molecule is C[C@@H](CO)Nc1nc(C(C)(C)C)ns1. The lowest BCUT2D eigenvalue weighted by Crippen LogP contribution is -2.19. The van der Waals surface area contributed by atoms with Gasteiger partial charge in [0, 0.05) is 23.0 Å². The minimum atomic E-state index is -0.0150. The van der Waals surface area contributed by atoms with Crippen molar-refractivity contribution in [3.8, 4) is 0 Å². The molecule has 0 fully saturated rings. The van der Waals surface area contributed by atoms with E-state index in [2.05, 4.69) is 35.4 Å². The molecule has 5 heteroatoms. The van der Waals surface area contributed by atoms with Crippen LogP contribution in [0, 0.1) is 0 Å². The normalized spacial score (nSPS) is 14.1. The second-order valence-electron chi connectivity index (χ2n) is 4.40. The molecule has 4 nitrogen and oxygen atoms in total. The van der Waals surface area contributed by atoms with Crippen molar-refractivity contribution in [3.05, 3.63) is 5.82 Å². The van der Waals surface area contributed by atoms with Crippen molar-refractivity contribution >= 4 is 16.7 Å². The number of rotatable bonds is 3. The summed E-state index contributed by atoms with van der Waals surface area (Å²) in [6.45, 7) is 8.24. The zero-order valence-electron chi connectivity index (χ0n) is 9.03. The van der Waals surface area contributed by atoms with Crippen LogP contribution in [0.4, 0.5) is 5.13 Å². The Morgan fingerprint density at radius 2 is 2.14 bits per heavy atom. The van der Waals surface area contributed by atoms with Crippen LogP contribution in [0.2, 0.25) is 0 Å². The van der Waals surface area contributed by atoms with Crippen LogP contribution in [-0.2, 0) is 5.41 Å². The summed E-state index contributed by atoms with van der Waals surface area (Å²) in [4.78, 5) is 4.35. The first kappa shape index (κ1) is 11.4. The lowest BCUT2D eigenvalue weighted by atomic mass is 9.96. The number of hydrogen-bond acceptors (Lipinski definition) is 5. The molecule has 0 amide bonds. The van der Waals surface area contributed by atoms with Crippen LogP contribution in [0.15, 0.2) is 0 Å². The van der Waals surface area contributed by atoms with Gasteiger partial charge in [0.15, 0.2) is 0 Å². The highest BCUT2D eigenvalue weighted by atomic mass is 32.1. The van der Waals surface area contributed by atoms with Gasteiger partial charge in [-0.2, -0.15) is 4.37 Å². The number of anilines is 1. The molecule has 14 heavy (non-hydrogen) atoms. The first-order chi connectivity index (χ1) is 6.43. The summed E-state index contributed by atoms with van der Waals surface area (Å²) in [6.07, 6.45) is 0. The van der Waals surface area contributed by atoms with Crippen molar-refractivity contribution < 1.29 is 5.11 Å². The molecule has 0 aliphatic carbocycles. The van der Waals surface area contributed by atoms with Gasteiger partial charge in [-0.25, -0.2) is 4.98 Å². The zero-order chi connectivity index (χ0) is 10.8. The highest BCUT2D eigenvalue weighted by Crippen LogP contribution is 2.23. The molecule has 0 spiro atoms. The van der Waals surface area contributed by atoms with Gasteiger partial charge in [0.25, 0.3) is 0 Å². The molecule has 1 atom stereocenters. The highest BCUT2D eigenvalue weighted by Gasteiger charge is 2.19. The maximum Gasteiger partial charge on any atom is 0.202 e. The molecule has 1 heterocycles. The second kappa shape index (κ2) is 4.23. The van der Waals surface area contributed by atoms with Gasteiger partial charge in [-0.15, -0.1) is 0 Å². The van der Waals surface area contributed by atoms with Gasteiger partial charge in [0.1, 0.15) is 5.82 Å². The monoisotopic (exact) mass is 215 g/mol. The zero-order valence-corrected chi connectivity index (χ0v) is 9.85. The van der Waals surface area contributed by atoms with Crippen molar-refractivity contribution in [1.29, 1.82) is 0 Å². The van der Waals surface area contributed by atoms with E-state index in [0.717, 1.165) is 11.0 Å². The largest absolute Gasteiger partial charge is 0.394 e. The van der Waals surface area contributed by atoms with E-state index < -0.39 is 0 Å². The fourth-order valence-electron chi connectivity index (χ4n) is 0.843. The van der Waals surface area contributed by atoms with Crippen molar-refractivity contribution in [2.45, 2.75) is 39.2 Å². The number of aromatic nitrogens is 2. The Labute approximate surface area is 88.6 Å². The first-order valence-corrected chi connectivity index (χ1v) is 5.42. The number of nitrogens with zero attached hydrogens (tertiary/aromatic N) is 2. The molecule has 0 saturated carbocycles. The third-order valence-corrected chi connectivity index (χ3v) is 2.39. The molecule has 0 aliphatic rings. The predicted octanol–water partition coefficient (Wildman–Crippen LogP) is 1.63. The highest BCUT2D eigenvalue weighted by molar-refractivity contribution is 7.09. The van der Waals surface area contributed by atoms with E-state index in [1.165, 1.54) is 11.5 Å². The Balaban J connectivity index is 2.69. The van der Waals surface area contributed by atoms with Crippen LogP contribution in [0.1, 0.15) is 33.5 Å². The van der Waals surface area contributed by atoms with Crippen molar-refractivity contribution in [3.63, 3.8) is 0 Å². The molecule has 1 aromatic rings. The van der Waals surface area contributed by atoms with Crippen LogP contribution < -0.4 is 5.32 Å². The summed E-state index contributed by atoms with van der Waals surface area (Å²) in [6, 6.07) is 0.0239. The molecule has 0 saturated heterocycles. The molecule has 0 bridgehead atoms. The Hall–Kier alpha value is -0.680. The van der Waals surface area contributed by atoms with Crippen molar-refractivity contribution in [2.24, 2.45) is 0 Å².